The van der Waals surface area contributed by atoms with Gasteiger partial charge in [0.2, 0.25) is 6.20 Å². The lowest BCUT2D eigenvalue weighted by molar-refractivity contribution is -0.401. The summed E-state index contributed by atoms with van der Waals surface area (Å²) in [5.74, 6) is -0.451. The van der Waals surface area contributed by atoms with Crippen LogP contribution in [0.25, 0.3) is 17.4 Å². The minimum Gasteiger partial charge on any atom is -0.478 e. The second-order valence-electron chi connectivity index (χ2n) is 3.80. The number of carbonyl (C=O) groups is 1. The minimum absolute atomic E-state index is 0.0389. The average molecular weight is 294 g/mol. The molecule has 0 saturated heterocycles. The lowest BCUT2D eigenvalue weighted by Crippen LogP contribution is -1.97. The Morgan fingerprint density at radius 3 is 2.75 bits per heavy atom. The second kappa shape index (κ2) is 5.58. The van der Waals surface area contributed by atoms with Crippen molar-refractivity contribution in [3.05, 3.63) is 63.0 Å². The minimum atomic E-state index is -1.14. The van der Waals surface area contributed by atoms with Crippen molar-refractivity contribution in [2.45, 2.75) is 0 Å². The highest BCUT2D eigenvalue weighted by Crippen LogP contribution is 2.27. The number of carboxylic acids is 1. The Hall–Kier alpha value is -2.60. The van der Waals surface area contributed by atoms with E-state index in [1.54, 1.807) is 18.2 Å². The standard InChI is InChI=1S/C13H8ClNO5/c14-11-3-1-8(7-10(11)13(16)17)12-4-2-9(20-12)5-6-15(18)19/h1-7H,(H,16,17)/b6-5+. The summed E-state index contributed by atoms with van der Waals surface area (Å²) in [4.78, 5) is 20.6. The number of aromatic carboxylic acids is 1. The summed E-state index contributed by atoms with van der Waals surface area (Å²) in [5, 5.41) is 19.3. The molecular weight excluding hydrogens is 286 g/mol. The lowest BCUT2D eigenvalue weighted by atomic mass is 10.1. The van der Waals surface area contributed by atoms with E-state index in [4.69, 9.17) is 21.1 Å². The molecule has 20 heavy (non-hydrogen) atoms. The van der Waals surface area contributed by atoms with Gasteiger partial charge in [0.05, 0.1) is 21.6 Å². The van der Waals surface area contributed by atoms with E-state index in [0.29, 0.717) is 17.1 Å². The van der Waals surface area contributed by atoms with Crippen LogP contribution in [0.3, 0.4) is 0 Å². The van der Waals surface area contributed by atoms with E-state index in [0.717, 1.165) is 6.20 Å². The molecule has 1 aromatic carbocycles. The summed E-state index contributed by atoms with van der Waals surface area (Å²) in [7, 11) is 0. The van der Waals surface area contributed by atoms with Gasteiger partial charge >= 0.3 is 5.97 Å². The Labute approximate surface area is 118 Å². The van der Waals surface area contributed by atoms with Crippen LogP contribution >= 0.6 is 11.6 Å². The predicted octanol–water partition coefficient (Wildman–Crippen LogP) is 3.55. The van der Waals surface area contributed by atoms with Crippen molar-refractivity contribution in [2.24, 2.45) is 0 Å². The van der Waals surface area contributed by atoms with Crippen molar-refractivity contribution >= 4 is 23.6 Å². The van der Waals surface area contributed by atoms with Gasteiger partial charge in [0.25, 0.3) is 0 Å². The van der Waals surface area contributed by atoms with Gasteiger partial charge in [-0.1, -0.05) is 11.6 Å². The van der Waals surface area contributed by atoms with Gasteiger partial charge < -0.3 is 9.52 Å². The quantitative estimate of drug-likeness (QED) is 0.687. The van der Waals surface area contributed by atoms with Crippen LogP contribution in [0.15, 0.2) is 40.9 Å². The third-order valence-electron chi connectivity index (χ3n) is 2.47. The predicted molar refractivity (Wildman–Crippen MR) is 72.1 cm³/mol. The molecule has 0 saturated carbocycles. The molecule has 0 unspecified atom stereocenters. The number of hydrogen-bond acceptors (Lipinski definition) is 4. The second-order valence-corrected chi connectivity index (χ2v) is 4.21. The SMILES string of the molecule is O=C(O)c1cc(-c2ccc(/C=C/[N+](=O)[O-])o2)ccc1Cl. The third-order valence-corrected chi connectivity index (χ3v) is 2.80. The zero-order valence-corrected chi connectivity index (χ0v) is 10.7. The molecule has 2 rings (SSSR count). The van der Waals surface area contributed by atoms with E-state index in [-0.39, 0.29) is 10.6 Å². The van der Waals surface area contributed by atoms with Crippen LogP contribution in [0.5, 0.6) is 0 Å². The first kappa shape index (κ1) is 13.8. The van der Waals surface area contributed by atoms with Crippen LogP contribution in [0, 0.1) is 10.1 Å². The number of benzene rings is 1. The zero-order chi connectivity index (χ0) is 14.7. The lowest BCUT2D eigenvalue weighted by Gasteiger charge is -2.01. The molecule has 0 aliphatic heterocycles. The van der Waals surface area contributed by atoms with Gasteiger partial charge in [0.1, 0.15) is 11.5 Å². The fourth-order valence-corrected chi connectivity index (χ4v) is 1.77. The topological polar surface area (TPSA) is 93.6 Å². The summed E-state index contributed by atoms with van der Waals surface area (Å²) in [6, 6.07) is 7.58. The van der Waals surface area contributed by atoms with Crippen LogP contribution in [0.2, 0.25) is 5.02 Å². The molecule has 0 spiro atoms. The van der Waals surface area contributed by atoms with Crippen LogP contribution in [0.1, 0.15) is 16.1 Å². The third kappa shape index (κ3) is 3.04. The number of rotatable bonds is 4. The monoisotopic (exact) mass is 293 g/mol. The highest BCUT2D eigenvalue weighted by atomic mass is 35.5. The molecule has 0 aliphatic carbocycles. The van der Waals surface area contributed by atoms with E-state index in [2.05, 4.69) is 0 Å². The van der Waals surface area contributed by atoms with Gasteiger partial charge in [-0.25, -0.2) is 4.79 Å². The summed E-state index contributed by atoms with van der Waals surface area (Å²) in [6.07, 6.45) is 1.96. The zero-order valence-electron chi connectivity index (χ0n) is 9.95. The highest BCUT2D eigenvalue weighted by molar-refractivity contribution is 6.33. The summed E-state index contributed by atoms with van der Waals surface area (Å²) < 4.78 is 5.37. The highest BCUT2D eigenvalue weighted by Gasteiger charge is 2.12. The fourth-order valence-electron chi connectivity index (χ4n) is 1.57. The number of nitro groups is 1. The van der Waals surface area contributed by atoms with Gasteiger partial charge in [-0.3, -0.25) is 10.1 Å². The molecule has 6 nitrogen and oxygen atoms in total. The number of furan rings is 1. The van der Waals surface area contributed by atoms with Crippen molar-refractivity contribution in [1.82, 2.24) is 0 Å². The number of carboxylic acid groups (broad SMARTS) is 1. The molecule has 102 valence electrons. The van der Waals surface area contributed by atoms with Gasteiger partial charge in [-0.2, -0.15) is 0 Å². The summed E-state index contributed by atoms with van der Waals surface area (Å²) in [5.41, 5.74) is 0.482. The first-order valence-corrected chi connectivity index (χ1v) is 5.80. The molecule has 0 amide bonds. The largest absolute Gasteiger partial charge is 0.478 e. The maximum Gasteiger partial charge on any atom is 0.337 e. The number of halogens is 1. The van der Waals surface area contributed by atoms with E-state index in [1.165, 1.54) is 18.2 Å². The van der Waals surface area contributed by atoms with Crippen molar-refractivity contribution in [3.63, 3.8) is 0 Å². The van der Waals surface area contributed by atoms with Crippen LogP contribution in [-0.2, 0) is 0 Å². The molecule has 7 heteroatoms. The smallest absolute Gasteiger partial charge is 0.337 e. The Balaban J connectivity index is 2.35. The van der Waals surface area contributed by atoms with Gasteiger partial charge in [-0.15, -0.1) is 0 Å². The summed E-state index contributed by atoms with van der Waals surface area (Å²) in [6.45, 7) is 0. The molecule has 2 aromatic rings. The van der Waals surface area contributed by atoms with Gasteiger partial charge in [0, 0.05) is 5.56 Å². The van der Waals surface area contributed by atoms with Gasteiger partial charge in [0.15, 0.2) is 0 Å². The molecule has 1 heterocycles. The molecular formula is C13H8ClNO5. The molecule has 1 N–H and O–H groups in total. The molecule has 0 atom stereocenters. The van der Waals surface area contributed by atoms with Crippen molar-refractivity contribution in [3.8, 4) is 11.3 Å². The van der Waals surface area contributed by atoms with Crippen molar-refractivity contribution in [2.75, 3.05) is 0 Å². The van der Waals surface area contributed by atoms with E-state index >= 15 is 0 Å². The van der Waals surface area contributed by atoms with E-state index in [1.807, 2.05) is 0 Å². The molecule has 1 aromatic heterocycles. The molecule has 0 radical (unpaired) electrons. The Bertz CT molecular complexity index is 705. The normalized spacial score (nSPS) is 10.8. The van der Waals surface area contributed by atoms with Crippen molar-refractivity contribution in [1.29, 1.82) is 0 Å². The Morgan fingerprint density at radius 1 is 1.35 bits per heavy atom. The number of nitrogens with zero attached hydrogens (tertiary/aromatic N) is 1. The molecule has 0 bridgehead atoms. The number of hydrogen-bond donors (Lipinski definition) is 1. The van der Waals surface area contributed by atoms with Crippen LogP contribution in [0.4, 0.5) is 0 Å². The first-order valence-electron chi connectivity index (χ1n) is 5.42. The maximum atomic E-state index is 11.0. The molecule has 0 fully saturated rings. The molecule has 0 aliphatic rings. The Morgan fingerprint density at radius 2 is 2.10 bits per heavy atom. The van der Waals surface area contributed by atoms with Crippen LogP contribution < -0.4 is 0 Å². The van der Waals surface area contributed by atoms with Crippen LogP contribution in [-0.4, -0.2) is 16.0 Å². The van der Waals surface area contributed by atoms with Crippen molar-refractivity contribution < 1.29 is 19.2 Å². The average Bonchev–Trinajstić information content (AvgIpc) is 2.85. The van der Waals surface area contributed by atoms with E-state index < -0.39 is 10.9 Å². The van der Waals surface area contributed by atoms with E-state index in [9.17, 15) is 14.9 Å². The summed E-state index contributed by atoms with van der Waals surface area (Å²) >= 11 is 5.77. The Kier molecular flexibility index (Phi) is 3.86. The van der Waals surface area contributed by atoms with Gasteiger partial charge in [-0.05, 0) is 30.3 Å². The maximum absolute atomic E-state index is 11.0. The fraction of sp³-hybridized carbons (Fsp3) is 0. The first-order chi connectivity index (χ1) is 9.47.